The summed E-state index contributed by atoms with van der Waals surface area (Å²) in [5.41, 5.74) is 26.0. The number of hydrogen-bond donors (Lipinski definition) is 25. The third-order valence-corrected chi connectivity index (χ3v) is 24.1. The van der Waals surface area contributed by atoms with E-state index >= 15 is 38.4 Å². The molecule has 14 atom stereocenters. The highest BCUT2D eigenvalue weighted by atomic mass is 32.2. The van der Waals surface area contributed by atoms with Crippen LogP contribution in [-0.4, -0.2) is 285 Å². The first-order valence-electron chi connectivity index (χ1n) is 45.9. The molecule has 6 aromatic rings. The zero-order valence-corrected chi connectivity index (χ0v) is 80.7. The molecular weight excluding hydrogens is 1850 g/mol. The van der Waals surface area contributed by atoms with Gasteiger partial charge in [0.25, 0.3) is 0 Å². The predicted molar refractivity (Wildman–Crippen MR) is 522 cm³/mol. The first-order chi connectivity index (χ1) is 66.8. The molecule has 45 nitrogen and oxygen atoms in total. The lowest BCUT2D eigenvalue weighted by Gasteiger charge is -2.35. The van der Waals surface area contributed by atoms with E-state index in [4.69, 9.17) is 33.8 Å². The van der Waals surface area contributed by atoms with Gasteiger partial charge in [-0.2, -0.15) is 0 Å². The van der Waals surface area contributed by atoms with E-state index in [2.05, 4.69) is 84.7 Å². The Hall–Kier alpha value is -15.2. The second-order valence-electron chi connectivity index (χ2n) is 35.4. The number of aliphatic hydroxyl groups is 1. The van der Waals surface area contributed by atoms with Crippen LogP contribution in [0.4, 0.5) is 0 Å². The van der Waals surface area contributed by atoms with E-state index in [1.54, 1.807) is 107 Å². The minimum Gasteiger partial charge on any atom is -0.508 e. The Morgan fingerprint density at radius 3 is 1.43 bits per heavy atom. The fraction of sp³-hybridized carbons (Fsp3) is 0.453. The average Bonchev–Trinajstić information content (AvgIpc) is 1.59. The number of nitrogens with zero attached hydrogens (tertiary/aromatic N) is 2. The molecule has 5 aromatic carbocycles. The van der Waals surface area contributed by atoms with Crippen LogP contribution in [0.1, 0.15) is 116 Å². The fourth-order valence-corrected chi connectivity index (χ4v) is 16.1. The Morgan fingerprint density at radius 1 is 0.454 bits per heavy atom. The molecule has 0 radical (unpaired) electrons. The topological polar surface area (TPSA) is 722 Å². The van der Waals surface area contributed by atoms with Crippen molar-refractivity contribution in [3.63, 3.8) is 0 Å². The number of hydrogen-bond acceptors (Lipinski definition) is 23. The molecule has 2 heterocycles. The molecule has 141 heavy (non-hydrogen) atoms. The molecule has 46 heteroatoms. The minimum absolute atomic E-state index is 0.0158. The van der Waals surface area contributed by atoms with E-state index in [9.17, 15) is 63.3 Å². The lowest BCUT2D eigenvalue weighted by atomic mass is 9.98. The Balaban J connectivity index is 1.36. The summed E-state index contributed by atoms with van der Waals surface area (Å²) in [6, 6.07) is 12.6. The Labute approximate surface area is 818 Å². The number of rotatable bonds is 29. The van der Waals surface area contributed by atoms with E-state index in [1.165, 1.54) is 65.3 Å². The predicted octanol–water partition coefficient (Wildman–Crippen LogP) is -3.12. The molecule has 0 saturated carbocycles. The number of primary amides is 2. The van der Waals surface area contributed by atoms with Crippen LogP contribution in [0.5, 0.6) is 5.75 Å². The van der Waals surface area contributed by atoms with Gasteiger partial charge in [0.05, 0.1) is 31.7 Å². The number of fused-ring (bicyclic) bond motifs is 1. The SMILES string of the molecule is CC(C)C[C@@H]1NC(=O)[C@H](CCCNC(=N)N)NC(=O)[C@H](Cc2ccccc2)N(C)C(=O)[C@H](C)N(C)C(=O)[C@H](CCCNC(=N)N)NC(=O)[C@H](Cc2ccc(-c3ccccc3)cc2)NC(=O)[C@H](C(C)C)NC(=O)[C@H](Cc2c[nH]c3ccccc23)NC(=O)[C@H](CC(=O)O)NC(=O)[C@H](Cc2ccc(O)cc2)NC(=O)[C@H](CC(N)=O)NC(=O)CSC[C@@H](C(=O)NCC(N)=O)NC(=O)[C@H](CO)NC(=O)[C@H](C(C)C)NC1=O. The lowest BCUT2D eigenvalue weighted by Crippen LogP contribution is -2.62. The molecule has 0 bridgehead atoms. The molecule has 0 spiro atoms. The van der Waals surface area contributed by atoms with Gasteiger partial charge in [-0.25, -0.2) is 0 Å². The van der Waals surface area contributed by atoms with Gasteiger partial charge in [-0.05, 0) is 108 Å². The molecule has 1 aromatic heterocycles. The summed E-state index contributed by atoms with van der Waals surface area (Å²) < 4.78 is 0. The number of likely N-dealkylation sites (N-methyl/N-ethyl adjacent to an activating group) is 2. The number of thioether (sulfide) groups is 1. The molecule has 0 aliphatic carbocycles. The first-order valence-corrected chi connectivity index (χ1v) is 47.1. The number of carboxylic acid groups (broad SMARTS) is 1. The number of phenols is 1. The number of aromatic nitrogens is 1. The monoisotopic (exact) mass is 1970 g/mol. The van der Waals surface area contributed by atoms with E-state index in [-0.39, 0.29) is 75.3 Å². The van der Waals surface area contributed by atoms with Crippen LogP contribution in [0, 0.1) is 28.6 Å². The largest absolute Gasteiger partial charge is 0.508 e. The Bertz CT molecular complexity index is 5400. The van der Waals surface area contributed by atoms with Crippen molar-refractivity contribution in [3.8, 4) is 16.9 Å². The molecule has 762 valence electrons. The molecule has 0 unspecified atom stereocenters. The van der Waals surface area contributed by atoms with Gasteiger partial charge in [0.15, 0.2) is 11.9 Å². The number of carbonyl (C=O) groups excluding carboxylic acids is 17. The van der Waals surface area contributed by atoms with Crippen LogP contribution < -0.4 is 103 Å². The summed E-state index contributed by atoms with van der Waals surface area (Å²) in [6.45, 7) is 8.90. The van der Waals surface area contributed by atoms with Gasteiger partial charge >= 0.3 is 5.97 Å². The van der Waals surface area contributed by atoms with Crippen LogP contribution in [0.25, 0.3) is 22.0 Å². The summed E-state index contributed by atoms with van der Waals surface area (Å²) in [6.07, 6.45) is -2.60. The van der Waals surface area contributed by atoms with E-state index in [0.29, 0.717) is 39.4 Å². The lowest BCUT2D eigenvalue weighted by molar-refractivity contribution is -0.148. The van der Waals surface area contributed by atoms with Crippen molar-refractivity contribution in [1.29, 1.82) is 10.8 Å². The number of carbonyl (C=O) groups is 18. The minimum atomic E-state index is -2.14. The number of para-hydroxylation sites is 1. The number of carboxylic acids is 1. The fourth-order valence-electron chi connectivity index (χ4n) is 15.3. The maximum atomic E-state index is 15.6. The number of phenolic OH excluding ortho intramolecular Hbond substituents is 1. The quantitative estimate of drug-likeness (QED) is 0.0125. The normalized spacial score (nSPS) is 22.6. The maximum absolute atomic E-state index is 15.6. The summed E-state index contributed by atoms with van der Waals surface area (Å²) in [5.74, 6) is -24.5. The van der Waals surface area contributed by atoms with Crippen LogP contribution in [0.2, 0.25) is 0 Å². The highest BCUT2D eigenvalue weighted by molar-refractivity contribution is 8.00. The van der Waals surface area contributed by atoms with E-state index < -0.39 is 265 Å². The van der Waals surface area contributed by atoms with Crippen molar-refractivity contribution < 1.29 is 102 Å². The highest BCUT2D eigenvalue weighted by Crippen LogP contribution is 2.25. The molecule has 17 amide bonds. The number of aromatic amines is 1. The van der Waals surface area contributed by atoms with Gasteiger partial charge in [-0.3, -0.25) is 97.1 Å². The van der Waals surface area contributed by atoms with E-state index in [1.807, 2.05) is 30.3 Å². The van der Waals surface area contributed by atoms with Crippen molar-refractivity contribution in [1.82, 2.24) is 94.5 Å². The van der Waals surface area contributed by atoms with Crippen LogP contribution in [0.3, 0.4) is 0 Å². The third-order valence-electron chi connectivity index (χ3n) is 23.1. The van der Waals surface area contributed by atoms with Gasteiger partial charge in [-0.15, -0.1) is 11.8 Å². The van der Waals surface area contributed by atoms with Crippen molar-refractivity contribution in [2.24, 2.45) is 40.7 Å². The number of nitrogens with two attached hydrogens (primary N) is 4. The molecule has 1 saturated heterocycles. The molecule has 29 N–H and O–H groups in total. The number of benzene rings is 5. The molecule has 1 aliphatic heterocycles. The van der Waals surface area contributed by atoms with Crippen LogP contribution in [-0.2, 0) is 112 Å². The van der Waals surface area contributed by atoms with Crippen molar-refractivity contribution in [3.05, 3.63) is 162 Å². The zero-order valence-electron chi connectivity index (χ0n) is 79.9. The summed E-state index contributed by atoms with van der Waals surface area (Å²) in [7, 11) is 2.56. The average molecular weight is 1980 g/mol. The van der Waals surface area contributed by atoms with Gasteiger partial charge in [-0.1, -0.05) is 157 Å². The standard InChI is InChI=1S/C95H130N24O21S/c1-50(2)38-65-86(133)116-79(52(5)6)91(138)114-71(47-120)88(135)115-72(80(127)105-46-75(97)123)48-141-49-76(124)106-69(43-74(96)122)84(131)110-66(40-56-30-34-60(121)35-31-56)83(130)112-70(44-77(125)126)85(132)111-68(42-59-45-104-62-25-17-16-24-61(59)62)87(134)117-78(51(3)4)90(137)113-67(39-55-28-32-58(33-29-55)57-22-14-11-15-23-57)82(129)108-64(27-19-37-103-95(100)101)93(140)118(8)53(7)92(139)119(9)73(41-54-20-12-10-13-21-54)89(136)107-63(81(128)109-65)26-18-36-102-94(98)99/h10-17,20-25,28-35,45,50-53,63-73,78-79,104,120-121H,18-19,26-27,36-44,46-49H2,1-9H3,(H2,96,122)(H2,97,123)(H,105,127)(H,106,124)(H,107,136)(H,108,129)(H,109,128)(H,110,131)(H,111,132)(H,112,130)(H,113,137)(H,114,138)(H,115,135)(H,116,133)(H,117,134)(H,125,126)(H4,98,99,102)(H4,100,101,103)/t53-,63-,64-,65-,66-,67-,68-,69-,70-,71-,72-,73-,78-,79-/m0/s1. The summed E-state index contributed by atoms with van der Waals surface area (Å²) in [4.78, 5) is 267. The number of nitrogens with one attached hydrogen (secondary N) is 18. The number of aliphatic hydroxyl groups excluding tert-OH is 1. The number of aromatic hydroxyl groups is 1. The molecule has 1 fully saturated rings. The third kappa shape index (κ3) is 36.2. The van der Waals surface area contributed by atoms with E-state index in [0.717, 1.165) is 20.9 Å². The van der Waals surface area contributed by atoms with Gasteiger partial charge in [0.1, 0.15) is 90.3 Å². The second kappa shape index (κ2) is 55.4. The number of H-pyrrole nitrogens is 1. The maximum Gasteiger partial charge on any atom is 0.305 e. The van der Waals surface area contributed by atoms with Crippen LogP contribution in [0.15, 0.2) is 140 Å². The number of guanidine groups is 2. The molecule has 7 rings (SSSR count). The van der Waals surface area contributed by atoms with Gasteiger partial charge in [0.2, 0.25) is 100 Å². The van der Waals surface area contributed by atoms with Crippen LogP contribution >= 0.6 is 11.8 Å². The summed E-state index contributed by atoms with van der Waals surface area (Å²) >= 11 is 0.602. The number of aliphatic carboxylic acids is 1. The zero-order chi connectivity index (χ0) is 104. The van der Waals surface area contributed by atoms with Crippen molar-refractivity contribution in [2.45, 2.75) is 204 Å². The van der Waals surface area contributed by atoms with Gasteiger partial charge < -0.3 is 133 Å². The first kappa shape index (κ1) is 113. The van der Waals surface area contributed by atoms with Crippen molar-refractivity contribution >= 4 is 141 Å². The van der Waals surface area contributed by atoms with Crippen molar-refractivity contribution in [2.75, 3.05) is 51.8 Å². The Morgan fingerprint density at radius 2 is 0.894 bits per heavy atom. The molecular formula is C95H130N24O21S. The highest BCUT2D eigenvalue weighted by Gasteiger charge is 2.42. The second-order valence-corrected chi connectivity index (χ2v) is 36.4. The van der Waals surface area contributed by atoms with Gasteiger partial charge in [0, 0.05) is 75.7 Å². The Kier molecular flexibility index (Phi) is 44.3. The molecule has 1 aliphatic rings. The number of amides is 17. The summed E-state index contributed by atoms with van der Waals surface area (Å²) in [5, 5.41) is 86.0. The smallest absolute Gasteiger partial charge is 0.305 e.